The van der Waals surface area contributed by atoms with Crippen LogP contribution in [0.3, 0.4) is 0 Å². The van der Waals surface area contributed by atoms with Crippen LogP contribution < -0.4 is 10.6 Å². The van der Waals surface area contributed by atoms with E-state index < -0.39 is 18.6 Å². The van der Waals surface area contributed by atoms with Gasteiger partial charge in [0.25, 0.3) is 0 Å². The van der Waals surface area contributed by atoms with Gasteiger partial charge in [0.2, 0.25) is 5.91 Å². The van der Waals surface area contributed by atoms with E-state index in [0.29, 0.717) is 26.2 Å². The van der Waals surface area contributed by atoms with Crippen molar-refractivity contribution >= 4 is 11.9 Å². The molecule has 0 aromatic rings. The summed E-state index contributed by atoms with van der Waals surface area (Å²) in [5.74, 6) is -0.793. The summed E-state index contributed by atoms with van der Waals surface area (Å²) in [5.41, 5.74) is 0. The molecule has 0 spiro atoms. The van der Waals surface area contributed by atoms with Crippen molar-refractivity contribution in [2.24, 2.45) is 0 Å². The van der Waals surface area contributed by atoms with Crippen molar-refractivity contribution < 1.29 is 22.8 Å². The first-order valence-electron chi connectivity index (χ1n) is 5.96. The summed E-state index contributed by atoms with van der Waals surface area (Å²) in [5, 5.41) is 4.89. The molecule has 2 rings (SSSR count). The molecular formula is C10H15F3N4O2. The van der Waals surface area contributed by atoms with Gasteiger partial charge < -0.3 is 20.4 Å². The summed E-state index contributed by atoms with van der Waals surface area (Å²) >= 11 is 0. The molecule has 0 saturated carbocycles. The van der Waals surface area contributed by atoms with Gasteiger partial charge in [-0.25, -0.2) is 4.79 Å². The van der Waals surface area contributed by atoms with Gasteiger partial charge in [0, 0.05) is 26.2 Å². The van der Waals surface area contributed by atoms with Gasteiger partial charge in [-0.1, -0.05) is 0 Å². The SMILES string of the molecule is O=C(CN1CC2CNCCN2C1=O)NCC(F)(F)F. The first-order valence-corrected chi connectivity index (χ1v) is 5.96. The van der Waals surface area contributed by atoms with Crippen LogP contribution in [0.1, 0.15) is 0 Å². The number of hydrogen-bond acceptors (Lipinski definition) is 3. The van der Waals surface area contributed by atoms with E-state index in [9.17, 15) is 22.8 Å². The quantitative estimate of drug-likeness (QED) is 0.724. The molecule has 9 heteroatoms. The van der Waals surface area contributed by atoms with E-state index in [0.717, 1.165) is 0 Å². The average Bonchev–Trinajstić information content (AvgIpc) is 2.64. The molecule has 2 saturated heterocycles. The van der Waals surface area contributed by atoms with E-state index in [1.807, 2.05) is 0 Å². The van der Waals surface area contributed by atoms with Gasteiger partial charge in [-0.15, -0.1) is 0 Å². The zero-order valence-corrected chi connectivity index (χ0v) is 10.2. The zero-order valence-electron chi connectivity index (χ0n) is 10.2. The van der Waals surface area contributed by atoms with E-state index in [-0.39, 0.29) is 18.6 Å². The van der Waals surface area contributed by atoms with Crippen molar-refractivity contribution in [2.75, 3.05) is 39.3 Å². The van der Waals surface area contributed by atoms with Gasteiger partial charge in [0.15, 0.2) is 0 Å². The van der Waals surface area contributed by atoms with Crippen LogP contribution in [0.4, 0.5) is 18.0 Å². The van der Waals surface area contributed by atoms with Crippen LogP contribution in [0.5, 0.6) is 0 Å². The summed E-state index contributed by atoms with van der Waals surface area (Å²) in [7, 11) is 0. The maximum atomic E-state index is 11.9. The summed E-state index contributed by atoms with van der Waals surface area (Å²) in [4.78, 5) is 26.2. The molecular weight excluding hydrogens is 265 g/mol. The Balaban J connectivity index is 1.83. The number of hydrogen-bond donors (Lipinski definition) is 2. The smallest absolute Gasteiger partial charge is 0.345 e. The Labute approximate surface area is 107 Å². The molecule has 6 nitrogen and oxygen atoms in total. The fraction of sp³-hybridized carbons (Fsp3) is 0.800. The second-order valence-corrected chi connectivity index (χ2v) is 4.61. The normalized spacial score (nSPS) is 23.5. The number of nitrogens with one attached hydrogen (secondary N) is 2. The largest absolute Gasteiger partial charge is 0.405 e. The molecule has 2 aliphatic heterocycles. The predicted molar refractivity (Wildman–Crippen MR) is 59.4 cm³/mol. The van der Waals surface area contributed by atoms with Crippen molar-refractivity contribution in [2.45, 2.75) is 12.2 Å². The lowest BCUT2D eigenvalue weighted by Crippen LogP contribution is -2.50. The van der Waals surface area contributed by atoms with Crippen LogP contribution in [-0.4, -0.2) is 73.2 Å². The van der Waals surface area contributed by atoms with Crippen LogP contribution in [0.2, 0.25) is 0 Å². The van der Waals surface area contributed by atoms with Crippen LogP contribution in [-0.2, 0) is 4.79 Å². The van der Waals surface area contributed by atoms with E-state index >= 15 is 0 Å². The zero-order chi connectivity index (χ0) is 14.0. The van der Waals surface area contributed by atoms with E-state index in [2.05, 4.69) is 5.32 Å². The number of rotatable bonds is 3. The minimum Gasteiger partial charge on any atom is -0.345 e. The Morgan fingerprint density at radius 1 is 1.47 bits per heavy atom. The molecule has 2 N–H and O–H groups in total. The number of piperazine rings is 1. The number of carbonyl (C=O) groups is 2. The molecule has 0 aliphatic carbocycles. The Bertz CT molecular complexity index is 374. The molecule has 3 amide bonds. The fourth-order valence-corrected chi connectivity index (χ4v) is 2.25. The van der Waals surface area contributed by atoms with Gasteiger partial charge in [-0.3, -0.25) is 4.79 Å². The minimum absolute atomic E-state index is 0.00309. The molecule has 2 fully saturated rings. The van der Waals surface area contributed by atoms with E-state index in [1.165, 1.54) is 4.90 Å². The molecule has 0 aromatic carbocycles. The number of carbonyl (C=O) groups excluding carboxylic acids is 2. The lowest BCUT2D eigenvalue weighted by molar-refractivity contribution is -0.138. The van der Waals surface area contributed by atoms with Crippen molar-refractivity contribution in [3.8, 4) is 0 Å². The third-order valence-electron chi connectivity index (χ3n) is 3.12. The van der Waals surface area contributed by atoms with Crippen LogP contribution in [0, 0.1) is 0 Å². The number of alkyl halides is 3. The minimum atomic E-state index is -4.44. The molecule has 0 bridgehead atoms. The summed E-state index contributed by atoms with van der Waals surface area (Å²) in [6.45, 7) is 0.558. The van der Waals surface area contributed by atoms with Crippen molar-refractivity contribution in [3.63, 3.8) is 0 Å². The monoisotopic (exact) mass is 280 g/mol. The lowest BCUT2D eigenvalue weighted by Gasteiger charge is -2.28. The highest BCUT2D eigenvalue weighted by Gasteiger charge is 2.39. The Morgan fingerprint density at radius 3 is 2.84 bits per heavy atom. The third kappa shape index (κ3) is 3.49. The lowest BCUT2D eigenvalue weighted by atomic mass is 10.2. The summed E-state index contributed by atoms with van der Waals surface area (Å²) in [6.07, 6.45) is -4.44. The predicted octanol–water partition coefficient (Wildman–Crippen LogP) is -0.626. The van der Waals surface area contributed by atoms with E-state index in [1.54, 1.807) is 10.2 Å². The van der Waals surface area contributed by atoms with Gasteiger partial charge in [-0.05, 0) is 0 Å². The highest BCUT2D eigenvalue weighted by Crippen LogP contribution is 2.17. The Hall–Kier alpha value is -1.51. The first-order chi connectivity index (χ1) is 8.87. The number of halogens is 3. The number of fused-ring (bicyclic) bond motifs is 1. The van der Waals surface area contributed by atoms with Gasteiger partial charge in [0.05, 0.1) is 6.04 Å². The van der Waals surface area contributed by atoms with Crippen molar-refractivity contribution in [1.29, 1.82) is 0 Å². The van der Waals surface area contributed by atoms with Crippen LogP contribution in [0.25, 0.3) is 0 Å². The molecule has 2 aliphatic rings. The molecule has 108 valence electrons. The average molecular weight is 280 g/mol. The molecule has 19 heavy (non-hydrogen) atoms. The Kier molecular flexibility index (Phi) is 3.83. The topological polar surface area (TPSA) is 64.7 Å². The fourth-order valence-electron chi connectivity index (χ4n) is 2.25. The standard InChI is InChI=1S/C10H15F3N4O2/c11-10(12,13)6-15-8(18)5-16-4-7-3-14-1-2-17(7)9(16)19/h7,14H,1-6H2,(H,15,18). The summed E-state index contributed by atoms with van der Waals surface area (Å²) in [6, 6.07) is -0.287. The maximum Gasteiger partial charge on any atom is 0.405 e. The first kappa shape index (κ1) is 13.9. The number of urea groups is 1. The molecule has 2 heterocycles. The number of amides is 3. The van der Waals surface area contributed by atoms with Crippen molar-refractivity contribution in [3.05, 3.63) is 0 Å². The highest BCUT2D eigenvalue weighted by molar-refractivity contribution is 5.85. The third-order valence-corrected chi connectivity index (χ3v) is 3.12. The second-order valence-electron chi connectivity index (χ2n) is 4.61. The second kappa shape index (κ2) is 5.24. The molecule has 0 radical (unpaired) electrons. The van der Waals surface area contributed by atoms with E-state index in [4.69, 9.17) is 0 Å². The molecule has 1 unspecified atom stereocenters. The number of nitrogens with zero attached hydrogens (tertiary/aromatic N) is 2. The highest BCUT2D eigenvalue weighted by atomic mass is 19.4. The van der Waals surface area contributed by atoms with Crippen molar-refractivity contribution in [1.82, 2.24) is 20.4 Å². The summed E-state index contributed by atoms with van der Waals surface area (Å²) < 4.78 is 35.8. The van der Waals surface area contributed by atoms with Crippen LogP contribution >= 0.6 is 0 Å². The maximum absolute atomic E-state index is 11.9. The van der Waals surface area contributed by atoms with Gasteiger partial charge >= 0.3 is 12.2 Å². The Morgan fingerprint density at radius 2 is 2.21 bits per heavy atom. The molecule has 1 atom stereocenters. The van der Waals surface area contributed by atoms with Crippen LogP contribution in [0.15, 0.2) is 0 Å². The van der Waals surface area contributed by atoms with Gasteiger partial charge in [0.1, 0.15) is 13.1 Å². The van der Waals surface area contributed by atoms with Gasteiger partial charge in [-0.2, -0.15) is 13.2 Å². The molecule has 0 aromatic heterocycles.